The van der Waals surface area contributed by atoms with Gasteiger partial charge in [0.1, 0.15) is 11.5 Å². The minimum atomic E-state index is -0.696. The Kier molecular flexibility index (Phi) is 11.8. The van der Waals surface area contributed by atoms with Gasteiger partial charge < -0.3 is 9.47 Å². The van der Waals surface area contributed by atoms with E-state index in [1.54, 1.807) is 0 Å². The molecule has 2 aromatic rings. The summed E-state index contributed by atoms with van der Waals surface area (Å²) in [5.74, 6) is 2.90. The van der Waals surface area contributed by atoms with E-state index in [0.717, 1.165) is 43.4 Å². The van der Waals surface area contributed by atoms with Crippen molar-refractivity contribution >= 4 is 57.4 Å². The summed E-state index contributed by atoms with van der Waals surface area (Å²) in [5, 5.41) is 5.36. The molecule has 0 heterocycles. The Morgan fingerprint density at radius 2 is 1.19 bits per heavy atom. The molecule has 0 atom stereocenters. The molecule has 2 nitrogen and oxygen atoms in total. The second kappa shape index (κ2) is 13.6. The molecule has 0 N–H and O–H groups in total. The van der Waals surface area contributed by atoms with Gasteiger partial charge in [-0.05, 0) is 50.6 Å². The standard InChI is InChI=1S/C30H48O2Si4/c1-12-13-15-31-28-24(33)17-22(18-25(28)34(6)7)30(4,5)23-19-26(35(8)9)29(27(20-23)36(10)11)32-16-14-21(2)3/h17-21H,12-16H2,1-11H3. The molecule has 0 fully saturated rings. The zero-order chi connectivity index (χ0) is 27.2. The van der Waals surface area contributed by atoms with Crippen LogP contribution in [0.25, 0.3) is 0 Å². The molecule has 0 bridgehead atoms. The third kappa shape index (κ3) is 7.71. The molecular weight excluding hydrogens is 505 g/mol. The van der Waals surface area contributed by atoms with Crippen LogP contribution in [0.3, 0.4) is 0 Å². The second-order valence-corrected chi connectivity index (χ2v) is 19.8. The van der Waals surface area contributed by atoms with E-state index in [0.29, 0.717) is 5.92 Å². The van der Waals surface area contributed by atoms with Crippen molar-refractivity contribution in [3.8, 4) is 11.5 Å². The van der Waals surface area contributed by atoms with E-state index in [4.69, 9.17) is 9.47 Å². The lowest BCUT2D eigenvalue weighted by Crippen LogP contribution is -2.39. The van der Waals surface area contributed by atoms with Crippen LogP contribution in [0.4, 0.5) is 0 Å². The molecule has 0 saturated heterocycles. The van der Waals surface area contributed by atoms with Crippen molar-refractivity contribution < 1.29 is 9.47 Å². The highest BCUT2D eigenvalue weighted by Gasteiger charge is 2.29. The highest BCUT2D eigenvalue weighted by atomic mass is 28.3. The van der Waals surface area contributed by atoms with E-state index in [2.05, 4.69) is 108 Å². The van der Waals surface area contributed by atoms with Crippen LogP contribution in [0.5, 0.6) is 11.5 Å². The number of unbranched alkanes of at least 4 members (excludes halogenated alkanes) is 1. The Morgan fingerprint density at radius 1 is 0.750 bits per heavy atom. The van der Waals surface area contributed by atoms with Crippen LogP contribution in [-0.4, -0.2) is 49.8 Å². The van der Waals surface area contributed by atoms with Gasteiger partial charge in [0.25, 0.3) is 0 Å². The van der Waals surface area contributed by atoms with Gasteiger partial charge in [-0.25, -0.2) is 0 Å². The maximum atomic E-state index is 6.54. The molecule has 2 rings (SSSR count). The summed E-state index contributed by atoms with van der Waals surface area (Å²) in [5.41, 5.74) is 2.63. The third-order valence-corrected chi connectivity index (χ3v) is 11.6. The van der Waals surface area contributed by atoms with Gasteiger partial charge in [0, 0.05) is 5.41 Å². The SMILES string of the molecule is CCCCOc1c([Si])cc(C(C)(C)c2cc([Si](C)C)c(OCCC(C)C)c([Si](C)C)c2)cc1[Si](C)C. The molecule has 0 aliphatic carbocycles. The van der Waals surface area contributed by atoms with E-state index in [1.165, 1.54) is 32.4 Å². The van der Waals surface area contributed by atoms with Crippen LogP contribution in [0.1, 0.15) is 65.0 Å². The van der Waals surface area contributed by atoms with Gasteiger partial charge in [-0.1, -0.05) is 105 Å². The summed E-state index contributed by atoms with van der Waals surface area (Å²) in [4.78, 5) is 0. The number of rotatable bonds is 13. The molecular formula is C30H48O2Si4. The molecule has 0 spiro atoms. The second-order valence-electron chi connectivity index (χ2n) is 11.7. The molecule has 2 aromatic carbocycles. The Bertz CT molecular complexity index is 968. The first-order chi connectivity index (χ1) is 16.8. The maximum absolute atomic E-state index is 6.54. The van der Waals surface area contributed by atoms with E-state index in [9.17, 15) is 0 Å². The lowest BCUT2D eigenvalue weighted by molar-refractivity contribution is 0.293. The number of hydrogen-bond acceptors (Lipinski definition) is 2. The minimum absolute atomic E-state index is 0.121. The molecule has 36 heavy (non-hydrogen) atoms. The Balaban J connectivity index is 2.62. The quantitative estimate of drug-likeness (QED) is 0.248. The van der Waals surface area contributed by atoms with Crippen molar-refractivity contribution in [1.29, 1.82) is 0 Å². The zero-order valence-corrected chi connectivity index (χ0v) is 28.7. The molecule has 6 radical (unpaired) electrons. The Hall–Kier alpha value is -1.09. The summed E-state index contributed by atoms with van der Waals surface area (Å²) < 4.78 is 12.8. The first-order valence-electron chi connectivity index (χ1n) is 13.6. The lowest BCUT2D eigenvalue weighted by Gasteiger charge is -2.31. The zero-order valence-electron chi connectivity index (χ0n) is 24.7. The topological polar surface area (TPSA) is 18.5 Å². The monoisotopic (exact) mass is 552 g/mol. The van der Waals surface area contributed by atoms with Gasteiger partial charge in [0.2, 0.25) is 0 Å². The summed E-state index contributed by atoms with van der Waals surface area (Å²) in [6.07, 6.45) is 3.32. The van der Waals surface area contributed by atoms with E-state index in [1.807, 2.05) is 0 Å². The normalized spacial score (nSPS) is 12.3. The largest absolute Gasteiger partial charge is 0.494 e. The Labute approximate surface area is 230 Å². The van der Waals surface area contributed by atoms with Crippen molar-refractivity contribution in [1.82, 2.24) is 0 Å². The van der Waals surface area contributed by atoms with Crippen molar-refractivity contribution in [3.05, 3.63) is 35.4 Å². The molecule has 0 aliphatic rings. The van der Waals surface area contributed by atoms with Gasteiger partial charge >= 0.3 is 0 Å². The average Bonchev–Trinajstić information content (AvgIpc) is 2.78. The van der Waals surface area contributed by atoms with Gasteiger partial charge in [-0.3, -0.25) is 0 Å². The van der Waals surface area contributed by atoms with Crippen molar-refractivity contribution in [3.63, 3.8) is 0 Å². The molecule has 0 amide bonds. The summed E-state index contributed by atoms with van der Waals surface area (Å²) in [6, 6.07) is 9.66. The fourth-order valence-electron chi connectivity index (χ4n) is 4.29. The van der Waals surface area contributed by atoms with Crippen molar-refractivity contribution in [2.75, 3.05) is 13.2 Å². The first kappa shape index (κ1) is 31.1. The van der Waals surface area contributed by atoms with Crippen LogP contribution in [0.2, 0.25) is 39.3 Å². The molecule has 0 unspecified atom stereocenters. The van der Waals surface area contributed by atoms with Gasteiger partial charge in [0.05, 0.1) is 49.8 Å². The fraction of sp³-hybridized carbons (Fsp3) is 0.600. The van der Waals surface area contributed by atoms with Gasteiger partial charge in [0.15, 0.2) is 0 Å². The third-order valence-electron chi connectivity index (χ3n) is 6.92. The van der Waals surface area contributed by atoms with E-state index >= 15 is 0 Å². The molecule has 0 saturated carbocycles. The van der Waals surface area contributed by atoms with Crippen LogP contribution in [0, 0.1) is 5.92 Å². The summed E-state index contributed by atoms with van der Waals surface area (Å²) in [6.45, 7) is 27.4. The van der Waals surface area contributed by atoms with E-state index in [-0.39, 0.29) is 5.41 Å². The highest BCUT2D eigenvalue weighted by Crippen LogP contribution is 2.32. The lowest BCUT2D eigenvalue weighted by atomic mass is 9.78. The number of ether oxygens (including phenoxy) is 2. The maximum Gasteiger partial charge on any atom is 0.117 e. The van der Waals surface area contributed by atoms with Gasteiger partial charge in [-0.15, -0.1) is 0 Å². The molecule has 6 heteroatoms. The smallest absolute Gasteiger partial charge is 0.117 e. The highest BCUT2D eigenvalue weighted by molar-refractivity contribution is 6.76. The first-order valence-corrected chi connectivity index (χ1v) is 21.6. The molecule has 0 aromatic heterocycles. The molecule has 196 valence electrons. The van der Waals surface area contributed by atoms with Crippen LogP contribution in [0.15, 0.2) is 24.3 Å². The predicted octanol–water partition coefficient (Wildman–Crippen LogP) is 5.29. The van der Waals surface area contributed by atoms with E-state index < -0.39 is 26.4 Å². The minimum Gasteiger partial charge on any atom is -0.494 e. The average molecular weight is 553 g/mol. The van der Waals surface area contributed by atoms with Crippen molar-refractivity contribution in [2.24, 2.45) is 5.92 Å². The van der Waals surface area contributed by atoms with Crippen molar-refractivity contribution in [2.45, 2.75) is 98.6 Å². The predicted molar refractivity (Wildman–Crippen MR) is 167 cm³/mol. The fourth-order valence-corrected chi connectivity index (χ4v) is 8.21. The van der Waals surface area contributed by atoms with Crippen LogP contribution < -0.4 is 30.2 Å². The van der Waals surface area contributed by atoms with Gasteiger partial charge in [-0.2, -0.15) is 0 Å². The Morgan fingerprint density at radius 3 is 1.64 bits per heavy atom. The van der Waals surface area contributed by atoms with Crippen LogP contribution in [-0.2, 0) is 5.41 Å². The van der Waals surface area contributed by atoms with Crippen LogP contribution >= 0.6 is 0 Å². The summed E-state index contributed by atoms with van der Waals surface area (Å²) in [7, 11) is 1.87. The molecule has 0 aliphatic heterocycles. The number of hydrogen-bond donors (Lipinski definition) is 0. The summed E-state index contributed by atoms with van der Waals surface area (Å²) >= 11 is 0. The number of benzene rings is 2.